The van der Waals surface area contributed by atoms with E-state index in [9.17, 15) is 8.42 Å². The van der Waals surface area contributed by atoms with Crippen molar-refractivity contribution in [3.05, 3.63) is 35.7 Å². The maximum Gasteiger partial charge on any atom is 0.250 e. The molecule has 0 amide bonds. The molecule has 0 bridgehead atoms. The summed E-state index contributed by atoms with van der Waals surface area (Å²) in [4.78, 5) is 4.29. The van der Waals surface area contributed by atoms with Gasteiger partial charge in [0.2, 0.25) is 10.0 Å². The topological polar surface area (TPSA) is 87.8 Å². The molecule has 0 fully saturated rings. The molecule has 0 saturated carbocycles. The fraction of sp³-hybridized carbons (Fsp3) is 0.273. The molecule has 0 aromatic carbocycles. The first-order chi connectivity index (χ1) is 9.12. The molecule has 100 valence electrons. The number of hydrogen-bond donors (Lipinski definition) is 1. The number of imidazole rings is 1. The van der Waals surface area contributed by atoms with Crippen molar-refractivity contribution in [3.8, 4) is 6.07 Å². The molecule has 2 aromatic heterocycles. The molecule has 2 aromatic rings. The van der Waals surface area contributed by atoms with E-state index in [2.05, 4.69) is 9.71 Å². The summed E-state index contributed by atoms with van der Waals surface area (Å²) in [6.07, 6.45) is 5.87. The van der Waals surface area contributed by atoms with Gasteiger partial charge in [0.15, 0.2) is 0 Å². The number of nitrogens with zero attached hydrogens (tertiary/aromatic N) is 3. The van der Waals surface area contributed by atoms with Gasteiger partial charge in [-0.15, -0.1) is 11.3 Å². The Kier molecular flexibility index (Phi) is 4.31. The molecule has 2 heterocycles. The van der Waals surface area contributed by atoms with Crippen LogP contribution in [0.15, 0.2) is 35.1 Å². The predicted molar refractivity (Wildman–Crippen MR) is 71.1 cm³/mol. The second-order valence-electron chi connectivity index (χ2n) is 3.78. The highest BCUT2D eigenvalue weighted by atomic mass is 32.2. The Bertz CT molecular complexity index is 668. The van der Waals surface area contributed by atoms with Crippen molar-refractivity contribution < 1.29 is 8.42 Å². The molecule has 0 aliphatic rings. The second kappa shape index (κ2) is 5.97. The van der Waals surface area contributed by atoms with Gasteiger partial charge in [-0.2, -0.15) is 5.26 Å². The third kappa shape index (κ3) is 3.64. The van der Waals surface area contributed by atoms with Crippen molar-refractivity contribution in [2.75, 3.05) is 6.54 Å². The van der Waals surface area contributed by atoms with Crippen LogP contribution in [0, 0.1) is 11.3 Å². The first-order valence-corrected chi connectivity index (χ1v) is 7.87. The standard InChI is InChI=1S/C11H12N4O2S2/c12-8-10-2-3-11(18-10)19(16,17)14-4-1-6-15-7-5-13-9-15/h2-3,5,7,9,14H,1,4,6H2. The molecule has 0 saturated heterocycles. The number of nitrogens with one attached hydrogen (secondary N) is 1. The van der Waals surface area contributed by atoms with Gasteiger partial charge in [0, 0.05) is 25.5 Å². The fourth-order valence-corrected chi connectivity index (χ4v) is 3.70. The van der Waals surface area contributed by atoms with E-state index in [1.165, 1.54) is 12.1 Å². The molecule has 0 radical (unpaired) electrons. The summed E-state index contributed by atoms with van der Waals surface area (Å²) in [6, 6.07) is 4.87. The van der Waals surface area contributed by atoms with E-state index in [0.717, 1.165) is 11.3 Å². The summed E-state index contributed by atoms with van der Waals surface area (Å²) in [7, 11) is -3.50. The summed E-state index contributed by atoms with van der Waals surface area (Å²) in [6.45, 7) is 1.05. The second-order valence-corrected chi connectivity index (χ2v) is 6.86. The number of nitriles is 1. The van der Waals surface area contributed by atoms with E-state index in [-0.39, 0.29) is 4.21 Å². The van der Waals surface area contributed by atoms with E-state index in [1.807, 2.05) is 16.8 Å². The summed E-state index contributed by atoms with van der Waals surface area (Å²) in [5.41, 5.74) is 0. The van der Waals surface area contributed by atoms with Gasteiger partial charge >= 0.3 is 0 Å². The SMILES string of the molecule is N#Cc1ccc(S(=O)(=O)NCCCn2ccnc2)s1. The highest BCUT2D eigenvalue weighted by molar-refractivity contribution is 7.91. The minimum Gasteiger partial charge on any atom is -0.337 e. The Morgan fingerprint density at radius 2 is 2.32 bits per heavy atom. The maximum atomic E-state index is 11.9. The first kappa shape index (κ1) is 13.7. The van der Waals surface area contributed by atoms with E-state index < -0.39 is 10.0 Å². The van der Waals surface area contributed by atoms with Crippen molar-refractivity contribution in [2.45, 2.75) is 17.2 Å². The minimum absolute atomic E-state index is 0.173. The van der Waals surface area contributed by atoms with Gasteiger partial charge in [0.05, 0.1) is 6.33 Å². The third-order valence-corrected chi connectivity index (χ3v) is 5.34. The summed E-state index contributed by atoms with van der Waals surface area (Å²) < 4.78 is 28.4. The van der Waals surface area contributed by atoms with Crippen LogP contribution in [0.2, 0.25) is 0 Å². The molecule has 0 unspecified atom stereocenters. The quantitative estimate of drug-likeness (QED) is 0.811. The van der Waals surface area contributed by atoms with Crippen LogP contribution in [0.5, 0.6) is 0 Å². The largest absolute Gasteiger partial charge is 0.337 e. The molecule has 0 spiro atoms. The van der Waals surface area contributed by atoms with Crippen molar-refractivity contribution in [1.29, 1.82) is 5.26 Å². The van der Waals surface area contributed by atoms with Crippen LogP contribution in [0.3, 0.4) is 0 Å². The molecule has 1 N–H and O–H groups in total. The Balaban J connectivity index is 1.86. The molecule has 19 heavy (non-hydrogen) atoms. The maximum absolute atomic E-state index is 11.9. The molecule has 0 aliphatic carbocycles. The van der Waals surface area contributed by atoms with Crippen molar-refractivity contribution in [2.24, 2.45) is 0 Å². The molecule has 6 nitrogen and oxygen atoms in total. The third-order valence-electron chi connectivity index (χ3n) is 2.40. The number of aryl methyl sites for hydroxylation is 1. The fourth-order valence-electron chi connectivity index (χ4n) is 1.48. The van der Waals surface area contributed by atoms with E-state index in [0.29, 0.717) is 24.4 Å². The van der Waals surface area contributed by atoms with Crippen LogP contribution in [0.4, 0.5) is 0 Å². The lowest BCUT2D eigenvalue weighted by atomic mass is 10.4. The average molecular weight is 296 g/mol. The summed E-state index contributed by atoms with van der Waals surface area (Å²) >= 11 is 0.969. The predicted octanol–water partition coefficient (Wildman–Crippen LogP) is 1.18. The number of rotatable bonds is 6. The van der Waals surface area contributed by atoms with Gasteiger partial charge in [-0.25, -0.2) is 18.1 Å². The van der Waals surface area contributed by atoms with Crippen molar-refractivity contribution in [3.63, 3.8) is 0 Å². The number of hydrogen-bond acceptors (Lipinski definition) is 5. The van der Waals surface area contributed by atoms with E-state index >= 15 is 0 Å². The molecule has 0 atom stereocenters. The molecule has 8 heteroatoms. The van der Waals surface area contributed by atoms with E-state index in [1.54, 1.807) is 12.5 Å². The monoisotopic (exact) mass is 296 g/mol. The van der Waals surface area contributed by atoms with Crippen LogP contribution in [-0.4, -0.2) is 24.5 Å². The summed E-state index contributed by atoms with van der Waals surface area (Å²) in [5.74, 6) is 0. The highest BCUT2D eigenvalue weighted by Gasteiger charge is 2.15. The number of sulfonamides is 1. The molecular formula is C11H12N4O2S2. The van der Waals surface area contributed by atoms with Crippen LogP contribution in [0.25, 0.3) is 0 Å². The summed E-state index contributed by atoms with van der Waals surface area (Å²) in [5, 5.41) is 8.67. The zero-order valence-electron chi connectivity index (χ0n) is 9.98. The molecule has 0 aliphatic heterocycles. The Morgan fingerprint density at radius 1 is 1.47 bits per heavy atom. The first-order valence-electron chi connectivity index (χ1n) is 5.57. The number of thiophene rings is 1. The van der Waals surface area contributed by atoms with Crippen molar-refractivity contribution in [1.82, 2.24) is 14.3 Å². The Labute approximate surface area is 115 Å². The van der Waals surface area contributed by atoms with E-state index in [4.69, 9.17) is 5.26 Å². The lowest BCUT2D eigenvalue weighted by Crippen LogP contribution is -2.24. The molecular weight excluding hydrogens is 284 g/mol. The van der Waals surface area contributed by atoms with Gasteiger partial charge in [0.1, 0.15) is 15.2 Å². The van der Waals surface area contributed by atoms with Crippen LogP contribution >= 0.6 is 11.3 Å². The van der Waals surface area contributed by atoms with Crippen LogP contribution < -0.4 is 4.72 Å². The van der Waals surface area contributed by atoms with Gasteiger partial charge in [-0.1, -0.05) is 0 Å². The lowest BCUT2D eigenvalue weighted by molar-refractivity contribution is 0.571. The average Bonchev–Trinajstić information content (AvgIpc) is 3.05. The zero-order valence-corrected chi connectivity index (χ0v) is 11.6. The highest BCUT2D eigenvalue weighted by Crippen LogP contribution is 2.20. The Hall–Kier alpha value is -1.69. The van der Waals surface area contributed by atoms with Gasteiger partial charge in [-0.05, 0) is 18.6 Å². The van der Waals surface area contributed by atoms with Crippen LogP contribution in [0.1, 0.15) is 11.3 Å². The zero-order chi connectivity index (χ0) is 13.7. The molecule has 2 rings (SSSR count). The van der Waals surface area contributed by atoms with Gasteiger partial charge < -0.3 is 4.57 Å². The normalized spacial score (nSPS) is 11.3. The number of aromatic nitrogens is 2. The smallest absolute Gasteiger partial charge is 0.250 e. The van der Waals surface area contributed by atoms with Gasteiger partial charge in [-0.3, -0.25) is 0 Å². The van der Waals surface area contributed by atoms with Crippen molar-refractivity contribution >= 4 is 21.4 Å². The lowest BCUT2D eigenvalue weighted by Gasteiger charge is -2.05. The van der Waals surface area contributed by atoms with Crippen LogP contribution in [-0.2, 0) is 16.6 Å². The van der Waals surface area contributed by atoms with Gasteiger partial charge in [0.25, 0.3) is 0 Å². The Morgan fingerprint density at radius 3 is 2.95 bits per heavy atom. The minimum atomic E-state index is -3.50.